The predicted molar refractivity (Wildman–Crippen MR) is 75.4 cm³/mol. The second-order valence-corrected chi connectivity index (χ2v) is 6.40. The molecular weight excluding hydrogens is 346 g/mol. The van der Waals surface area contributed by atoms with E-state index in [-0.39, 0.29) is 9.63 Å². The van der Waals surface area contributed by atoms with Crippen molar-refractivity contribution in [3.63, 3.8) is 0 Å². The molecule has 0 fully saturated rings. The fraction of sp³-hybridized carbons (Fsp3) is 0.182. The predicted octanol–water partition coefficient (Wildman–Crippen LogP) is 1.56. The summed E-state index contributed by atoms with van der Waals surface area (Å²) in [7, 11) is -2.37. The van der Waals surface area contributed by atoms with Crippen molar-refractivity contribution in [1.29, 1.82) is 5.26 Å². The number of hydrogen-bond acceptors (Lipinski definition) is 5. The van der Waals surface area contributed by atoms with E-state index in [4.69, 9.17) is 5.26 Å². The van der Waals surface area contributed by atoms with E-state index in [1.807, 2.05) is 6.07 Å². The average molecular weight is 356 g/mol. The number of nitrogens with one attached hydrogen (secondary N) is 1. The van der Waals surface area contributed by atoms with Crippen molar-refractivity contribution in [1.82, 2.24) is 15.0 Å². The Labute approximate surface area is 124 Å². The molecule has 7 nitrogen and oxygen atoms in total. The molecule has 0 saturated heterocycles. The molecule has 0 bridgehead atoms. The summed E-state index contributed by atoms with van der Waals surface area (Å²) >= 11 is 3.05. The van der Waals surface area contributed by atoms with Crippen molar-refractivity contribution >= 4 is 31.6 Å². The third kappa shape index (κ3) is 2.66. The molecule has 2 aromatic rings. The minimum Gasteiger partial charge on any atom is -0.278 e. The molecule has 0 saturated carbocycles. The number of nitrogens with zero attached hydrogens (tertiary/aromatic N) is 4. The minimum absolute atomic E-state index is 0.0840. The zero-order chi connectivity index (χ0) is 14.9. The van der Waals surface area contributed by atoms with E-state index in [2.05, 4.69) is 31.0 Å². The molecule has 1 N–H and O–H groups in total. The van der Waals surface area contributed by atoms with E-state index in [0.717, 1.165) is 4.68 Å². The highest BCUT2D eigenvalue weighted by Crippen LogP contribution is 2.24. The number of aromatic nitrogens is 3. The second kappa shape index (κ2) is 5.22. The van der Waals surface area contributed by atoms with Crippen LogP contribution in [0.3, 0.4) is 0 Å². The summed E-state index contributed by atoms with van der Waals surface area (Å²) in [5.74, 6) is 0. The summed E-state index contributed by atoms with van der Waals surface area (Å²) in [5.41, 5.74) is 1.42. The number of aryl methyl sites for hydroxylation is 2. The van der Waals surface area contributed by atoms with Crippen LogP contribution in [-0.2, 0) is 17.1 Å². The largest absolute Gasteiger partial charge is 0.281 e. The SMILES string of the molecule is Cc1ccc(C#N)cc1NS(=O)(=O)c1c(Br)nnn1C. The number of benzene rings is 1. The fourth-order valence-corrected chi connectivity index (χ4v) is 3.82. The van der Waals surface area contributed by atoms with E-state index >= 15 is 0 Å². The van der Waals surface area contributed by atoms with Crippen LogP contribution in [0, 0.1) is 18.3 Å². The van der Waals surface area contributed by atoms with Crippen molar-refractivity contribution < 1.29 is 8.42 Å². The topological polar surface area (TPSA) is 101 Å². The smallest absolute Gasteiger partial charge is 0.278 e. The van der Waals surface area contributed by atoms with Crippen molar-refractivity contribution in [3.8, 4) is 6.07 Å². The molecule has 20 heavy (non-hydrogen) atoms. The van der Waals surface area contributed by atoms with Crippen LogP contribution in [0.5, 0.6) is 0 Å². The van der Waals surface area contributed by atoms with Crippen LogP contribution in [0.25, 0.3) is 0 Å². The highest BCUT2D eigenvalue weighted by molar-refractivity contribution is 9.10. The maximum Gasteiger partial charge on any atom is 0.281 e. The first-order chi connectivity index (χ1) is 9.35. The maximum atomic E-state index is 12.3. The first-order valence-corrected chi connectivity index (χ1v) is 7.71. The van der Waals surface area contributed by atoms with Gasteiger partial charge in [-0.1, -0.05) is 11.3 Å². The molecule has 1 heterocycles. The zero-order valence-corrected chi connectivity index (χ0v) is 13.0. The van der Waals surface area contributed by atoms with Crippen molar-refractivity contribution in [3.05, 3.63) is 33.9 Å². The molecule has 0 spiro atoms. The molecule has 0 aliphatic rings. The Morgan fingerprint density at radius 3 is 2.70 bits per heavy atom. The Kier molecular flexibility index (Phi) is 3.78. The monoisotopic (exact) mass is 355 g/mol. The van der Waals surface area contributed by atoms with Gasteiger partial charge in [0.15, 0.2) is 4.60 Å². The summed E-state index contributed by atoms with van der Waals surface area (Å²) in [6.07, 6.45) is 0. The van der Waals surface area contributed by atoms with Gasteiger partial charge in [0.2, 0.25) is 5.03 Å². The Morgan fingerprint density at radius 2 is 2.15 bits per heavy atom. The van der Waals surface area contributed by atoms with Gasteiger partial charge in [0.1, 0.15) is 0 Å². The maximum absolute atomic E-state index is 12.3. The summed E-state index contributed by atoms with van der Waals surface area (Å²) in [6, 6.07) is 6.73. The van der Waals surface area contributed by atoms with Gasteiger partial charge in [0.25, 0.3) is 10.0 Å². The molecule has 0 aliphatic heterocycles. The molecule has 2 rings (SSSR count). The van der Waals surface area contributed by atoms with Crippen molar-refractivity contribution in [2.24, 2.45) is 7.05 Å². The number of sulfonamides is 1. The van der Waals surface area contributed by atoms with Crippen molar-refractivity contribution in [2.45, 2.75) is 11.9 Å². The van der Waals surface area contributed by atoms with Gasteiger partial charge < -0.3 is 0 Å². The van der Waals surface area contributed by atoms with Crippen LogP contribution in [0.4, 0.5) is 5.69 Å². The highest BCUT2D eigenvalue weighted by Gasteiger charge is 2.24. The lowest BCUT2D eigenvalue weighted by Crippen LogP contribution is -2.17. The lowest BCUT2D eigenvalue weighted by molar-refractivity contribution is 0.578. The second-order valence-electron chi connectivity index (χ2n) is 4.06. The molecule has 0 aliphatic carbocycles. The first-order valence-electron chi connectivity index (χ1n) is 5.44. The van der Waals surface area contributed by atoms with Gasteiger partial charge in [-0.2, -0.15) is 13.7 Å². The van der Waals surface area contributed by atoms with E-state index < -0.39 is 10.0 Å². The summed E-state index contributed by atoms with van der Waals surface area (Å²) in [4.78, 5) is 0. The quantitative estimate of drug-likeness (QED) is 0.899. The highest BCUT2D eigenvalue weighted by atomic mass is 79.9. The number of halogens is 1. The van der Waals surface area contributed by atoms with Gasteiger partial charge in [-0.05, 0) is 40.5 Å². The minimum atomic E-state index is -3.85. The van der Waals surface area contributed by atoms with Crippen molar-refractivity contribution in [2.75, 3.05) is 4.72 Å². The molecule has 0 amide bonds. The van der Waals surface area contributed by atoms with Gasteiger partial charge in [0, 0.05) is 7.05 Å². The molecule has 0 atom stereocenters. The molecular formula is C11H10BrN5O2S. The molecule has 104 valence electrons. The van der Waals surface area contributed by atoms with Crippen LogP contribution in [0.15, 0.2) is 27.8 Å². The van der Waals surface area contributed by atoms with Gasteiger partial charge in [0.05, 0.1) is 17.3 Å². The molecule has 0 radical (unpaired) electrons. The molecule has 1 aromatic carbocycles. The fourth-order valence-electron chi connectivity index (χ4n) is 1.60. The number of hydrogen-bond donors (Lipinski definition) is 1. The summed E-state index contributed by atoms with van der Waals surface area (Å²) in [5, 5.41) is 16.0. The van der Waals surface area contributed by atoms with E-state index in [1.165, 1.54) is 13.1 Å². The molecule has 0 unspecified atom stereocenters. The number of anilines is 1. The van der Waals surface area contributed by atoms with Crippen LogP contribution in [0.1, 0.15) is 11.1 Å². The summed E-state index contributed by atoms with van der Waals surface area (Å²) < 4.78 is 28.4. The average Bonchev–Trinajstić information content (AvgIpc) is 2.72. The Hall–Kier alpha value is -1.92. The van der Waals surface area contributed by atoms with Gasteiger partial charge in [-0.25, -0.2) is 4.68 Å². The van der Waals surface area contributed by atoms with Crippen LogP contribution < -0.4 is 4.72 Å². The molecule has 1 aromatic heterocycles. The number of nitriles is 1. The first kappa shape index (κ1) is 14.5. The van der Waals surface area contributed by atoms with E-state index in [9.17, 15) is 8.42 Å². The Balaban J connectivity index is 2.47. The molecule has 9 heteroatoms. The van der Waals surface area contributed by atoms with E-state index in [0.29, 0.717) is 16.8 Å². The summed E-state index contributed by atoms with van der Waals surface area (Å²) in [6.45, 7) is 1.75. The lowest BCUT2D eigenvalue weighted by Gasteiger charge is -2.10. The van der Waals surface area contributed by atoms with Gasteiger partial charge in [-0.3, -0.25) is 4.72 Å². The van der Waals surface area contributed by atoms with Crippen LogP contribution in [0.2, 0.25) is 0 Å². The Bertz CT molecular complexity index is 787. The standard InChI is InChI=1S/C11H10BrN5O2S/c1-7-3-4-8(6-13)5-9(7)15-20(18,19)11-10(12)14-16-17(11)2/h3-5,15H,1-2H3. The van der Waals surface area contributed by atoms with E-state index in [1.54, 1.807) is 19.1 Å². The normalized spacial score (nSPS) is 11.1. The van der Waals surface area contributed by atoms with Crippen LogP contribution in [-0.4, -0.2) is 23.4 Å². The lowest BCUT2D eigenvalue weighted by atomic mass is 10.1. The van der Waals surface area contributed by atoms with Gasteiger partial charge >= 0.3 is 0 Å². The third-order valence-corrected chi connectivity index (χ3v) is 4.85. The van der Waals surface area contributed by atoms with Crippen LogP contribution >= 0.6 is 15.9 Å². The third-order valence-electron chi connectivity index (χ3n) is 2.60. The van der Waals surface area contributed by atoms with Gasteiger partial charge in [-0.15, -0.1) is 5.10 Å². The Morgan fingerprint density at radius 1 is 1.45 bits per heavy atom. The number of rotatable bonds is 3. The zero-order valence-electron chi connectivity index (χ0n) is 10.6.